The molecule has 5 heteroatoms. The molecule has 1 atom stereocenters. The molecular formula is C20H28N2O2S. The molecule has 1 aliphatic heterocycles. The number of carbonyl (C=O) groups is 2. The van der Waals surface area contributed by atoms with E-state index >= 15 is 0 Å². The van der Waals surface area contributed by atoms with Crippen LogP contribution in [-0.2, 0) is 17.6 Å². The van der Waals surface area contributed by atoms with Crippen LogP contribution in [0.15, 0.2) is 6.07 Å². The smallest absolute Gasteiger partial charge is 0.264 e. The van der Waals surface area contributed by atoms with Gasteiger partial charge in [0, 0.05) is 37.0 Å². The molecule has 1 unspecified atom stereocenters. The van der Waals surface area contributed by atoms with Crippen LogP contribution in [-0.4, -0.2) is 47.8 Å². The van der Waals surface area contributed by atoms with E-state index in [2.05, 4.69) is 13.0 Å². The third-order valence-electron chi connectivity index (χ3n) is 6.12. The highest BCUT2D eigenvalue weighted by Gasteiger charge is 2.31. The van der Waals surface area contributed by atoms with Gasteiger partial charge < -0.3 is 9.80 Å². The van der Waals surface area contributed by atoms with Crippen molar-refractivity contribution in [3.63, 3.8) is 0 Å². The Morgan fingerprint density at radius 3 is 2.44 bits per heavy atom. The van der Waals surface area contributed by atoms with Crippen LogP contribution in [0.3, 0.4) is 0 Å². The molecule has 1 saturated carbocycles. The minimum Gasteiger partial charge on any atom is -0.339 e. The van der Waals surface area contributed by atoms with E-state index < -0.39 is 0 Å². The summed E-state index contributed by atoms with van der Waals surface area (Å²) in [5, 5.41) is 0. The molecule has 1 aromatic heterocycles. The molecule has 2 aliphatic carbocycles. The summed E-state index contributed by atoms with van der Waals surface area (Å²) in [4.78, 5) is 31.6. The minimum absolute atomic E-state index is 0.167. The topological polar surface area (TPSA) is 40.6 Å². The van der Waals surface area contributed by atoms with Gasteiger partial charge in [-0.1, -0.05) is 19.8 Å². The average Bonchev–Trinajstić information content (AvgIpc) is 3.30. The van der Waals surface area contributed by atoms with Crippen molar-refractivity contribution in [2.75, 3.05) is 26.2 Å². The molecule has 2 fully saturated rings. The lowest BCUT2D eigenvalue weighted by molar-refractivity contribution is -0.136. The minimum atomic E-state index is 0.167. The highest BCUT2D eigenvalue weighted by atomic mass is 32.1. The molecule has 0 N–H and O–H groups in total. The second-order valence-corrected chi connectivity index (χ2v) is 9.14. The lowest BCUT2D eigenvalue weighted by Gasteiger charge is -2.35. The van der Waals surface area contributed by atoms with Gasteiger partial charge in [0.2, 0.25) is 5.91 Å². The molecule has 25 heavy (non-hydrogen) atoms. The summed E-state index contributed by atoms with van der Waals surface area (Å²) in [5.41, 5.74) is 1.39. The maximum atomic E-state index is 12.9. The first-order valence-electron chi connectivity index (χ1n) is 9.81. The zero-order valence-corrected chi connectivity index (χ0v) is 15.9. The zero-order valence-electron chi connectivity index (χ0n) is 15.1. The SMILES string of the molecule is CC1CCc2sc(C(=O)N3CCN(C(=O)C4CCCC4)CC3)cc2C1. The molecule has 3 aliphatic rings. The molecule has 0 bridgehead atoms. The van der Waals surface area contributed by atoms with E-state index in [9.17, 15) is 9.59 Å². The lowest BCUT2D eigenvalue weighted by atomic mass is 9.90. The van der Waals surface area contributed by atoms with Crippen molar-refractivity contribution < 1.29 is 9.59 Å². The molecule has 0 spiro atoms. The van der Waals surface area contributed by atoms with Gasteiger partial charge in [-0.3, -0.25) is 9.59 Å². The summed E-state index contributed by atoms with van der Waals surface area (Å²) in [5.74, 6) is 1.47. The molecule has 0 aromatic carbocycles. The van der Waals surface area contributed by atoms with Crippen molar-refractivity contribution in [2.24, 2.45) is 11.8 Å². The number of hydrogen-bond acceptors (Lipinski definition) is 3. The predicted molar refractivity (Wildman–Crippen MR) is 99.9 cm³/mol. The summed E-state index contributed by atoms with van der Waals surface area (Å²) >= 11 is 1.69. The maximum Gasteiger partial charge on any atom is 0.264 e. The van der Waals surface area contributed by atoms with E-state index in [4.69, 9.17) is 0 Å². The maximum absolute atomic E-state index is 12.9. The molecule has 4 rings (SSSR count). The van der Waals surface area contributed by atoms with Gasteiger partial charge in [-0.2, -0.15) is 0 Å². The number of rotatable bonds is 2. The second-order valence-electron chi connectivity index (χ2n) is 8.01. The van der Waals surface area contributed by atoms with Crippen molar-refractivity contribution in [3.05, 3.63) is 21.4 Å². The van der Waals surface area contributed by atoms with Crippen LogP contribution in [0.1, 0.15) is 59.1 Å². The quantitative estimate of drug-likeness (QED) is 0.811. The molecule has 136 valence electrons. The first-order chi connectivity index (χ1) is 12.1. The lowest BCUT2D eigenvalue weighted by Crippen LogP contribution is -2.51. The summed E-state index contributed by atoms with van der Waals surface area (Å²) in [6, 6.07) is 2.13. The van der Waals surface area contributed by atoms with Gasteiger partial charge in [0.05, 0.1) is 4.88 Å². The number of thiophene rings is 1. The van der Waals surface area contributed by atoms with Crippen molar-refractivity contribution >= 4 is 23.2 Å². The van der Waals surface area contributed by atoms with Crippen LogP contribution in [0.4, 0.5) is 0 Å². The number of carbonyl (C=O) groups excluding carboxylic acids is 2. The van der Waals surface area contributed by atoms with Gasteiger partial charge in [0.25, 0.3) is 5.91 Å². The molecule has 2 heterocycles. The Bertz CT molecular complexity index is 655. The largest absolute Gasteiger partial charge is 0.339 e. The fourth-order valence-electron chi connectivity index (χ4n) is 4.53. The monoisotopic (exact) mass is 360 g/mol. The van der Waals surface area contributed by atoms with E-state index in [0.717, 1.165) is 36.5 Å². The van der Waals surface area contributed by atoms with E-state index in [1.54, 1.807) is 11.3 Å². The number of nitrogens with zero attached hydrogens (tertiary/aromatic N) is 2. The normalized spacial score (nSPS) is 24.4. The molecule has 1 aromatic rings. The Hall–Kier alpha value is -1.36. The Balaban J connectivity index is 1.36. The standard InChI is InChI=1S/C20H28N2O2S/c1-14-6-7-17-16(12-14)13-18(25-17)20(24)22-10-8-21(9-11-22)19(23)15-4-2-3-5-15/h13-15H,2-12H2,1H3. The molecular weight excluding hydrogens is 332 g/mol. The predicted octanol–water partition coefficient (Wildman–Crippen LogP) is 3.35. The summed E-state index contributed by atoms with van der Waals surface area (Å²) < 4.78 is 0. The number of fused-ring (bicyclic) bond motifs is 1. The molecule has 4 nitrogen and oxygen atoms in total. The van der Waals surface area contributed by atoms with Crippen LogP contribution >= 0.6 is 11.3 Å². The Kier molecular flexibility index (Phi) is 4.85. The number of amides is 2. The van der Waals surface area contributed by atoms with Gasteiger partial charge >= 0.3 is 0 Å². The molecule has 2 amide bonds. The highest BCUT2D eigenvalue weighted by Crippen LogP contribution is 2.33. The Morgan fingerprint density at radius 1 is 1.04 bits per heavy atom. The number of hydrogen-bond donors (Lipinski definition) is 0. The van der Waals surface area contributed by atoms with E-state index in [0.29, 0.717) is 32.1 Å². The third kappa shape index (κ3) is 3.48. The van der Waals surface area contributed by atoms with Gasteiger partial charge in [-0.05, 0) is 49.7 Å². The molecule has 1 saturated heterocycles. The Labute approximate surface area is 154 Å². The van der Waals surface area contributed by atoms with Crippen molar-refractivity contribution in [3.8, 4) is 0 Å². The van der Waals surface area contributed by atoms with Crippen LogP contribution < -0.4 is 0 Å². The van der Waals surface area contributed by atoms with E-state index in [-0.39, 0.29) is 11.8 Å². The van der Waals surface area contributed by atoms with Crippen molar-refractivity contribution in [1.82, 2.24) is 9.80 Å². The highest BCUT2D eigenvalue weighted by molar-refractivity contribution is 7.14. The summed E-state index contributed by atoms with van der Waals surface area (Å²) in [6.07, 6.45) is 7.96. The first kappa shape index (κ1) is 17.1. The zero-order chi connectivity index (χ0) is 17.4. The van der Waals surface area contributed by atoms with Crippen molar-refractivity contribution in [2.45, 2.75) is 51.9 Å². The van der Waals surface area contributed by atoms with E-state index in [1.807, 2.05) is 9.80 Å². The number of aryl methyl sites for hydroxylation is 1. The second kappa shape index (κ2) is 7.10. The third-order valence-corrected chi connectivity index (χ3v) is 7.35. The van der Waals surface area contributed by atoms with Gasteiger partial charge in [0.1, 0.15) is 0 Å². The van der Waals surface area contributed by atoms with Crippen LogP contribution in [0, 0.1) is 11.8 Å². The van der Waals surface area contributed by atoms with Crippen molar-refractivity contribution in [1.29, 1.82) is 0 Å². The first-order valence-corrected chi connectivity index (χ1v) is 10.6. The van der Waals surface area contributed by atoms with E-state index in [1.165, 1.54) is 29.7 Å². The fourth-order valence-corrected chi connectivity index (χ4v) is 5.70. The van der Waals surface area contributed by atoms with Gasteiger partial charge in [0.15, 0.2) is 0 Å². The summed E-state index contributed by atoms with van der Waals surface area (Å²) in [7, 11) is 0. The van der Waals surface area contributed by atoms with Crippen LogP contribution in [0.2, 0.25) is 0 Å². The fraction of sp³-hybridized carbons (Fsp3) is 0.700. The number of piperazine rings is 1. The van der Waals surface area contributed by atoms with Gasteiger partial charge in [-0.15, -0.1) is 11.3 Å². The van der Waals surface area contributed by atoms with Gasteiger partial charge in [-0.25, -0.2) is 0 Å². The average molecular weight is 361 g/mol. The Morgan fingerprint density at radius 2 is 1.72 bits per heavy atom. The van der Waals surface area contributed by atoms with Crippen LogP contribution in [0.25, 0.3) is 0 Å². The van der Waals surface area contributed by atoms with Crippen LogP contribution in [0.5, 0.6) is 0 Å². The summed E-state index contributed by atoms with van der Waals surface area (Å²) in [6.45, 7) is 5.04. The molecule has 0 radical (unpaired) electrons.